The highest BCUT2D eigenvalue weighted by Crippen LogP contribution is 2.30. The van der Waals surface area contributed by atoms with Gasteiger partial charge in [-0.05, 0) is 30.7 Å². The van der Waals surface area contributed by atoms with Crippen LogP contribution in [-0.2, 0) is 10.9 Å². The zero-order valence-corrected chi connectivity index (χ0v) is 10.3. The summed E-state index contributed by atoms with van der Waals surface area (Å²) in [4.78, 5) is 0. The van der Waals surface area contributed by atoms with E-state index in [1.165, 1.54) is 12.1 Å². The molecule has 1 aromatic carbocycles. The lowest BCUT2D eigenvalue weighted by atomic mass is 10.0. The Kier molecular flexibility index (Phi) is 4.31. The lowest BCUT2D eigenvalue weighted by Gasteiger charge is -2.18. The smallest absolute Gasteiger partial charge is 0.416 e. The Hall–Kier alpha value is -1.27. The highest BCUT2D eigenvalue weighted by atomic mass is 19.4. The van der Waals surface area contributed by atoms with Gasteiger partial charge in [0.2, 0.25) is 0 Å². The number of alkyl halides is 3. The Labute approximate surface area is 109 Å². The molecule has 1 aliphatic heterocycles. The van der Waals surface area contributed by atoms with E-state index in [-0.39, 0.29) is 18.6 Å². The van der Waals surface area contributed by atoms with Gasteiger partial charge in [0.15, 0.2) is 0 Å². The zero-order valence-electron chi connectivity index (χ0n) is 10.3. The van der Waals surface area contributed by atoms with Crippen LogP contribution >= 0.6 is 0 Å². The molecule has 3 nitrogen and oxygen atoms in total. The normalized spacial score (nSPS) is 21.4. The molecular formula is C13H16F3NO2. The van der Waals surface area contributed by atoms with Crippen molar-refractivity contribution in [2.75, 3.05) is 19.8 Å². The molecule has 0 radical (unpaired) electrons. The first-order valence-corrected chi connectivity index (χ1v) is 6.10. The molecular weight excluding hydrogens is 259 g/mol. The average molecular weight is 275 g/mol. The Morgan fingerprint density at radius 3 is 2.53 bits per heavy atom. The highest BCUT2D eigenvalue weighted by Gasteiger charge is 2.30. The van der Waals surface area contributed by atoms with Crippen LogP contribution in [0.1, 0.15) is 12.0 Å². The van der Waals surface area contributed by atoms with Gasteiger partial charge in [0, 0.05) is 18.6 Å². The van der Waals surface area contributed by atoms with Crippen LogP contribution in [0.5, 0.6) is 5.75 Å². The summed E-state index contributed by atoms with van der Waals surface area (Å²) in [5.41, 5.74) is 5.25. The molecule has 0 saturated carbocycles. The summed E-state index contributed by atoms with van der Waals surface area (Å²) in [6.07, 6.45) is -3.42. The lowest BCUT2D eigenvalue weighted by Crippen LogP contribution is -2.36. The van der Waals surface area contributed by atoms with Crippen molar-refractivity contribution in [3.63, 3.8) is 0 Å². The van der Waals surface area contributed by atoms with Gasteiger partial charge in [-0.2, -0.15) is 13.2 Å². The van der Waals surface area contributed by atoms with Crippen LogP contribution < -0.4 is 10.5 Å². The summed E-state index contributed by atoms with van der Waals surface area (Å²) in [6, 6.07) is 4.45. The summed E-state index contributed by atoms with van der Waals surface area (Å²) in [7, 11) is 0. The summed E-state index contributed by atoms with van der Waals surface area (Å²) in [5, 5.41) is 0. The van der Waals surface area contributed by atoms with Gasteiger partial charge in [-0.1, -0.05) is 0 Å². The van der Waals surface area contributed by atoms with E-state index in [1.807, 2.05) is 0 Å². The van der Waals surface area contributed by atoms with Gasteiger partial charge in [0.25, 0.3) is 0 Å². The number of hydrogen-bond donors (Lipinski definition) is 1. The molecule has 2 rings (SSSR count). The van der Waals surface area contributed by atoms with Gasteiger partial charge in [-0.3, -0.25) is 0 Å². The predicted octanol–water partition coefficient (Wildman–Crippen LogP) is 2.45. The van der Waals surface area contributed by atoms with Crippen LogP contribution in [0.4, 0.5) is 13.2 Å². The first-order chi connectivity index (χ1) is 8.97. The van der Waals surface area contributed by atoms with Crippen molar-refractivity contribution in [2.24, 2.45) is 11.7 Å². The topological polar surface area (TPSA) is 44.5 Å². The zero-order chi connectivity index (χ0) is 13.9. The average Bonchev–Trinajstić information content (AvgIpc) is 2.89. The quantitative estimate of drug-likeness (QED) is 0.918. The molecule has 19 heavy (non-hydrogen) atoms. The minimum Gasteiger partial charge on any atom is -0.492 e. The first-order valence-electron chi connectivity index (χ1n) is 6.10. The fourth-order valence-electron chi connectivity index (χ4n) is 1.96. The van der Waals surface area contributed by atoms with Crippen molar-refractivity contribution < 1.29 is 22.6 Å². The molecule has 0 aliphatic carbocycles. The molecule has 6 heteroatoms. The molecule has 0 spiro atoms. The first kappa shape index (κ1) is 14.1. The minimum absolute atomic E-state index is 0.162. The molecule has 1 fully saturated rings. The van der Waals surface area contributed by atoms with Gasteiger partial charge >= 0.3 is 6.18 Å². The number of nitrogens with two attached hydrogens (primary N) is 1. The molecule has 1 aromatic rings. The van der Waals surface area contributed by atoms with Crippen LogP contribution in [0.15, 0.2) is 24.3 Å². The molecule has 0 bridgehead atoms. The number of halogens is 3. The van der Waals surface area contributed by atoms with Crippen molar-refractivity contribution in [3.05, 3.63) is 29.8 Å². The van der Waals surface area contributed by atoms with E-state index >= 15 is 0 Å². The third-order valence-electron chi connectivity index (χ3n) is 3.19. The van der Waals surface area contributed by atoms with E-state index < -0.39 is 11.7 Å². The number of benzene rings is 1. The third kappa shape index (κ3) is 3.84. The Morgan fingerprint density at radius 2 is 2.00 bits per heavy atom. The fraction of sp³-hybridized carbons (Fsp3) is 0.538. The summed E-state index contributed by atoms with van der Waals surface area (Å²) < 4.78 is 47.7. The standard InChI is InChI=1S/C13H16F3NO2/c14-13(15,16)10-1-3-11(4-2-10)19-8-12(17)9-5-6-18-7-9/h1-4,9,12H,5-8,17H2. The number of hydrogen-bond acceptors (Lipinski definition) is 3. The summed E-state index contributed by atoms with van der Waals surface area (Å²) in [5.74, 6) is 0.650. The van der Waals surface area contributed by atoms with Crippen LogP contribution in [0.2, 0.25) is 0 Å². The fourth-order valence-corrected chi connectivity index (χ4v) is 1.96. The Morgan fingerprint density at radius 1 is 1.32 bits per heavy atom. The van der Waals surface area contributed by atoms with Crippen molar-refractivity contribution >= 4 is 0 Å². The van der Waals surface area contributed by atoms with Crippen LogP contribution in [0.25, 0.3) is 0 Å². The third-order valence-corrected chi connectivity index (χ3v) is 3.19. The monoisotopic (exact) mass is 275 g/mol. The van der Waals surface area contributed by atoms with E-state index in [0.717, 1.165) is 18.6 Å². The SMILES string of the molecule is NC(COc1ccc(C(F)(F)F)cc1)C1CCOC1. The molecule has 1 saturated heterocycles. The lowest BCUT2D eigenvalue weighted by molar-refractivity contribution is -0.137. The Balaban J connectivity index is 1.86. The largest absolute Gasteiger partial charge is 0.492 e. The van der Waals surface area contributed by atoms with Crippen molar-refractivity contribution in [2.45, 2.75) is 18.6 Å². The second kappa shape index (κ2) is 5.79. The highest BCUT2D eigenvalue weighted by molar-refractivity contribution is 5.28. The van der Waals surface area contributed by atoms with Gasteiger partial charge in [-0.25, -0.2) is 0 Å². The number of ether oxygens (including phenoxy) is 2. The predicted molar refractivity (Wildman–Crippen MR) is 63.8 cm³/mol. The molecule has 2 unspecified atom stereocenters. The van der Waals surface area contributed by atoms with E-state index in [1.54, 1.807) is 0 Å². The van der Waals surface area contributed by atoms with Gasteiger partial charge in [0.1, 0.15) is 12.4 Å². The van der Waals surface area contributed by atoms with Crippen LogP contribution in [0.3, 0.4) is 0 Å². The maximum Gasteiger partial charge on any atom is 0.416 e. The number of rotatable bonds is 4. The molecule has 1 aliphatic rings. The van der Waals surface area contributed by atoms with Crippen molar-refractivity contribution in [3.8, 4) is 5.75 Å². The molecule has 2 atom stereocenters. The molecule has 1 heterocycles. The van der Waals surface area contributed by atoms with Gasteiger partial charge in [0.05, 0.1) is 12.2 Å². The van der Waals surface area contributed by atoms with E-state index in [4.69, 9.17) is 15.2 Å². The molecule has 0 aromatic heterocycles. The van der Waals surface area contributed by atoms with E-state index in [0.29, 0.717) is 19.0 Å². The van der Waals surface area contributed by atoms with Gasteiger partial charge in [-0.15, -0.1) is 0 Å². The maximum atomic E-state index is 12.4. The summed E-state index contributed by atoms with van der Waals surface area (Å²) >= 11 is 0. The maximum absolute atomic E-state index is 12.4. The van der Waals surface area contributed by atoms with Gasteiger partial charge < -0.3 is 15.2 Å². The second-order valence-corrected chi connectivity index (χ2v) is 4.62. The second-order valence-electron chi connectivity index (χ2n) is 4.62. The van der Waals surface area contributed by atoms with Crippen LogP contribution in [-0.4, -0.2) is 25.9 Å². The van der Waals surface area contributed by atoms with Crippen molar-refractivity contribution in [1.82, 2.24) is 0 Å². The molecule has 2 N–H and O–H groups in total. The van der Waals surface area contributed by atoms with Crippen molar-refractivity contribution in [1.29, 1.82) is 0 Å². The Bertz CT molecular complexity index is 399. The van der Waals surface area contributed by atoms with Crippen LogP contribution in [0, 0.1) is 5.92 Å². The molecule has 0 amide bonds. The minimum atomic E-state index is -4.32. The molecule has 106 valence electrons. The van der Waals surface area contributed by atoms with E-state index in [2.05, 4.69) is 0 Å². The van der Waals surface area contributed by atoms with E-state index in [9.17, 15) is 13.2 Å². The summed E-state index contributed by atoms with van der Waals surface area (Å²) in [6.45, 7) is 1.61.